The highest BCUT2D eigenvalue weighted by atomic mass is 35.5. The van der Waals surface area contributed by atoms with Gasteiger partial charge in [-0.1, -0.05) is 41.4 Å². The zero-order chi connectivity index (χ0) is 15.2. The van der Waals surface area contributed by atoms with Gasteiger partial charge in [0.05, 0.1) is 5.41 Å². The molecule has 21 heavy (non-hydrogen) atoms. The van der Waals surface area contributed by atoms with Gasteiger partial charge in [0.15, 0.2) is 0 Å². The lowest BCUT2D eigenvalue weighted by Crippen LogP contribution is -2.37. The van der Waals surface area contributed by atoms with E-state index in [0.29, 0.717) is 6.42 Å². The highest BCUT2D eigenvalue weighted by Crippen LogP contribution is 2.43. The van der Waals surface area contributed by atoms with E-state index in [1.807, 2.05) is 44.3 Å². The van der Waals surface area contributed by atoms with E-state index in [4.69, 9.17) is 11.6 Å². The Kier molecular flexibility index (Phi) is 3.29. The van der Waals surface area contributed by atoms with E-state index in [2.05, 4.69) is 19.1 Å². The predicted octanol–water partition coefficient (Wildman–Crippen LogP) is 4.13. The molecule has 2 aromatic rings. The van der Waals surface area contributed by atoms with Gasteiger partial charge in [0, 0.05) is 17.8 Å². The summed E-state index contributed by atoms with van der Waals surface area (Å²) in [5.41, 5.74) is 3.92. The summed E-state index contributed by atoms with van der Waals surface area (Å²) in [4.78, 5) is 14.5. The highest BCUT2D eigenvalue weighted by molar-refractivity contribution is 6.30. The molecule has 1 aliphatic heterocycles. The SMILES string of the molecule is Cc1ccc2c(c1)C(C)(Cc1ccc(Cl)cc1)C(=O)N2C. The van der Waals surface area contributed by atoms with Gasteiger partial charge < -0.3 is 4.90 Å². The molecule has 1 unspecified atom stereocenters. The maximum atomic E-state index is 12.8. The molecule has 0 saturated carbocycles. The summed E-state index contributed by atoms with van der Waals surface area (Å²) in [6, 6.07) is 14.0. The van der Waals surface area contributed by atoms with Crippen LogP contribution in [0.25, 0.3) is 0 Å². The van der Waals surface area contributed by atoms with E-state index < -0.39 is 5.41 Å². The van der Waals surface area contributed by atoms with Gasteiger partial charge in [0.25, 0.3) is 0 Å². The number of fused-ring (bicyclic) bond motifs is 1. The minimum Gasteiger partial charge on any atom is -0.314 e. The first-order valence-corrected chi connectivity index (χ1v) is 7.43. The zero-order valence-corrected chi connectivity index (χ0v) is 13.2. The molecular weight excluding hydrogens is 282 g/mol. The number of benzene rings is 2. The van der Waals surface area contributed by atoms with Crippen molar-refractivity contribution in [1.29, 1.82) is 0 Å². The maximum Gasteiger partial charge on any atom is 0.237 e. The van der Waals surface area contributed by atoms with E-state index in [0.717, 1.165) is 21.8 Å². The second kappa shape index (κ2) is 4.88. The van der Waals surface area contributed by atoms with Gasteiger partial charge in [-0.25, -0.2) is 0 Å². The summed E-state index contributed by atoms with van der Waals surface area (Å²) >= 11 is 5.94. The first kappa shape index (κ1) is 14.2. The lowest BCUT2D eigenvalue weighted by atomic mass is 9.78. The van der Waals surface area contributed by atoms with Gasteiger partial charge in [-0.2, -0.15) is 0 Å². The van der Waals surface area contributed by atoms with Crippen LogP contribution in [-0.2, 0) is 16.6 Å². The van der Waals surface area contributed by atoms with E-state index in [1.54, 1.807) is 4.90 Å². The molecular formula is C18H18ClNO. The Morgan fingerprint density at radius 3 is 2.48 bits per heavy atom. The average molecular weight is 300 g/mol. The summed E-state index contributed by atoms with van der Waals surface area (Å²) in [5.74, 6) is 0.151. The Morgan fingerprint density at radius 2 is 1.81 bits per heavy atom. The fourth-order valence-corrected chi connectivity index (χ4v) is 3.29. The Balaban J connectivity index is 2.06. The van der Waals surface area contributed by atoms with E-state index in [-0.39, 0.29) is 5.91 Å². The van der Waals surface area contributed by atoms with Crippen molar-refractivity contribution in [1.82, 2.24) is 0 Å². The predicted molar refractivity (Wildman–Crippen MR) is 87.1 cm³/mol. The largest absolute Gasteiger partial charge is 0.314 e. The van der Waals surface area contributed by atoms with Crippen molar-refractivity contribution in [3.8, 4) is 0 Å². The van der Waals surface area contributed by atoms with Gasteiger partial charge in [0.2, 0.25) is 5.91 Å². The van der Waals surface area contributed by atoms with Crippen LogP contribution in [-0.4, -0.2) is 13.0 Å². The average Bonchev–Trinajstić information content (AvgIpc) is 2.64. The van der Waals surface area contributed by atoms with Gasteiger partial charge in [-0.05, 0) is 49.6 Å². The summed E-state index contributed by atoms with van der Waals surface area (Å²) in [6.07, 6.45) is 0.684. The highest BCUT2D eigenvalue weighted by Gasteiger charge is 2.45. The minimum atomic E-state index is -0.510. The molecule has 1 aliphatic rings. The first-order valence-electron chi connectivity index (χ1n) is 7.05. The molecule has 0 radical (unpaired) electrons. The Morgan fingerprint density at radius 1 is 1.14 bits per heavy atom. The van der Waals surface area contributed by atoms with Crippen molar-refractivity contribution in [2.45, 2.75) is 25.7 Å². The van der Waals surface area contributed by atoms with Crippen LogP contribution in [0, 0.1) is 6.92 Å². The number of carbonyl (C=O) groups is 1. The van der Waals surface area contributed by atoms with Gasteiger partial charge >= 0.3 is 0 Å². The number of carbonyl (C=O) groups excluding carboxylic acids is 1. The number of hydrogen-bond acceptors (Lipinski definition) is 1. The van der Waals surface area contributed by atoms with Crippen molar-refractivity contribution in [3.05, 3.63) is 64.2 Å². The van der Waals surface area contributed by atoms with Crippen molar-refractivity contribution >= 4 is 23.2 Å². The molecule has 0 aliphatic carbocycles. The molecule has 0 saturated heterocycles. The van der Waals surface area contributed by atoms with E-state index in [9.17, 15) is 4.79 Å². The number of halogens is 1. The smallest absolute Gasteiger partial charge is 0.237 e. The molecule has 3 heteroatoms. The monoisotopic (exact) mass is 299 g/mol. The third kappa shape index (κ3) is 2.24. The molecule has 108 valence electrons. The minimum absolute atomic E-state index is 0.151. The molecule has 0 bridgehead atoms. The lowest BCUT2D eigenvalue weighted by Gasteiger charge is -2.23. The molecule has 2 nitrogen and oxygen atoms in total. The van der Waals surface area contributed by atoms with Gasteiger partial charge in [0.1, 0.15) is 0 Å². The number of anilines is 1. The number of aryl methyl sites for hydroxylation is 1. The van der Waals surface area contributed by atoms with Gasteiger partial charge in [-0.15, -0.1) is 0 Å². The summed E-state index contributed by atoms with van der Waals surface area (Å²) in [7, 11) is 1.85. The first-order chi connectivity index (χ1) is 9.91. The van der Waals surface area contributed by atoms with Crippen molar-refractivity contribution in [2.24, 2.45) is 0 Å². The van der Waals surface area contributed by atoms with Crippen molar-refractivity contribution in [3.63, 3.8) is 0 Å². The molecule has 1 amide bonds. The number of amides is 1. The van der Waals surface area contributed by atoms with Crippen LogP contribution in [0.15, 0.2) is 42.5 Å². The molecule has 1 heterocycles. The molecule has 0 spiro atoms. The Labute approximate surface area is 130 Å². The second-order valence-corrected chi connectivity index (χ2v) is 6.46. The summed E-state index contributed by atoms with van der Waals surface area (Å²) < 4.78 is 0. The molecule has 1 atom stereocenters. The van der Waals surface area contributed by atoms with Gasteiger partial charge in [-0.3, -0.25) is 4.79 Å². The zero-order valence-electron chi connectivity index (χ0n) is 12.5. The normalized spacial score (nSPS) is 20.8. The third-order valence-corrected chi connectivity index (χ3v) is 4.61. The molecule has 0 N–H and O–H groups in total. The second-order valence-electron chi connectivity index (χ2n) is 6.02. The van der Waals surface area contributed by atoms with Crippen LogP contribution in [0.2, 0.25) is 5.02 Å². The van der Waals surface area contributed by atoms with Crippen LogP contribution in [0.1, 0.15) is 23.6 Å². The fourth-order valence-electron chi connectivity index (χ4n) is 3.16. The number of rotatable bonds is 2. The van der Waals surface area contributed by atoms with Crippen LogP contribution in [0.5, 0.6) is 0 Å². The molecule has 3 rings (SSSR count). The van der Waals surface area contributed by atoms with Crippen LogP contribution < -0.4 is 4.90 Å². The van der Waals surface area contributed by atoms with E-state index >= 15 is 0 Å². The van der Waals surface area contributed by atoms with E-state index in [1.165, 1.54) is 5.56 Å². The number of likely N-dealkylation sites (N-methyl/N-ethyl adjacent to an activating group) is 1. The standard InChI is InChI=1S/C18H18ClNO/c1-12-4-9-16-15(10-12)18(2,17(21)20(16)3)11-13-5-7-14(19)8-6-13/h4-10H,11H2,1-3H3. The molecule has 0 fully saturated rings. The molecule has 0 aromatic heterocycles. The number of nitrogens with zero attached hydrogens (tertiary/aromatic N) is 1. The van der Waals surface area contributed by atoms with Crippen molar-refractivity contribution < 1.29 is 4.79 Å². The van der Waals surface area contributed by atoms with Crippen LogP contribution >= 0.6 is 11.6 Å². The maximum absolute atomic E-state index is 12.8. The third-order valence-electron chi connectivity index (χ3n) is 4.36. The quantitative estimate of drug-likeness (QED) is 0.816. The number of hydrogen-bond donors (Lipinski definition) is 0. The lowest BCUT2D eigenvalue weighted by molar-refractivity contribution is -0.122. The molecule has 2 aromatic carbocycles. The van der Waals surface area contributed by atoms with Crippen molar-refractivity contribution in [2.75, 3.05) is 11.9 Å². The Bertz CT molecular complexity index is 708. The van der Waals surface area contributed by atoms with Crippen LogP contribution in [0.4, 0.5) is 5.69 Å². The Hall–Kier alpha value is -1.80. The van der Waals surface area contributed by atoms with Crippen LogP contribution in [0.3, 0.4) is 0 Å². The summed E-state index contributed by atoms with van der Waals surface area (Å²) in [5, 5.41) is 0.718. The fraction of sp³-hybridized carbons (Fsp3) is 0.278. The topological polar surface area (TPSA) is 20.3 Å². The summed E-state index contributed by atoms with van der Waals surface area (Å²) in [6.45, 7) is 4.09.